The largest absolute Gasteiger partial charge is 0.611 e. The second kappa shape index (κ2) is 9.29. The molecule has 0 aliphatic carbocycles. The van der Waals surface area contributed by atoms with Crippen molar-refractivity contribution in [1.29, 1.82) is 0 Å². The van der Waals surface area contributed by atoms with Crippen molar-refractivity contribution >= 4 is 27.9 Å². The van der Waals surface area contributed by atoms with Gasteiger partial charge in [0, 0.05) is 16.7 Å². The molecule has 3 aromatic rings. The highest BCUT2D eigenvalue weighted by Crippen LogP contribution is 2.34. The summed E-state index contributed by atoms with van der Waals surface area (Å²) in [5.74, 6) is 5.41. The highest BCUT2D eigenvalue weighted by molar-refractivity contribution is 7.92. The van der Waals surface area contributed by atoms with Gasteiger partial charge in [0.2, 0.25) is 5.25 Å². The van der Waals surface area contributed by atoms with Crippen LogP contribution in [0.5, 0.6) is 5.75 Å². The molecular formula is C22H19NO4S. The molecule has 6 heteroatoms. The molecule has 0 bridgehead atoms. The van der Waals surface area contributed by atoms with Gasteiger partial charge in [-0.05, 0) is 42.0 Å². The second-order valence-corrected chi connectivity index (χ2v) is 7.45. The van der Waals surface area contributed by atoms with E-state index in [0.29, 0.717) is 16.2 Å². The summed E-state index contributed by atoms with van der Waals surface area (Å²) in [5.41, 5.74) is 2.24. The molecule has 2 N–H and O–H groups in total. The summed E-state index contributed by atoms with van der Waals surface area (Å²) in [5, 5.41) is 9.91. The molecule has 0 saturated carbocycles. The molecule has 2 unspecified atom stereocenters. The zero-order chi connectivity index (χ0) is 19.9. The van der Waals surface area contributed by atoms with Crippen molar-refractivity contribution in [2.24, 2.45) is 0 Å². The predicted molar refractivity (Wildman–Crippen MR) is 108 cm³/mol. The van der Waals surface area contributed by atoms with E-state index >= 15 is 0 Å². The zero-order valence-corrected chi connectivity index (χ0v) is 16.0. The monoisotopic (exact) mass is 393 g/mol. The minimum Gasteiger partial charge on any atom is -0.611 e. The highest BCUT2D eigenvalue weighted by atomic mass is 32.2. The Morgan fingerprint density at radius 3 is 2.57 bits per heavy atom. The molecule has 28 heavy (non-hydrogen) atoms. The van der Waals surface area contributed by atoms with Gasteiger partial charge in [0.15, 0.2) is 4.90 Å². The van der Waals surface area contributed by atoms with E-state index in [0.717, 1.165) is 10.8 Å². The first-order chi connectivity index (χ1) is 13.7. The van der Waals surface area contributed by atoms with Crippen molar-refractivity contribution < 1.29 is 19.3 Å². The number of ether oxygens (including phenoxy) is 1. The van der Waals surface area contributed by atoms with Crippen LogP contribution in [-0.2, 0) is 16.0 Å². The lowest BCUT2D eigenvalue weighted by Gasteiger charge is -2.21. The van der Waals surface area contributed by atoms with Crippen molar-refractivity contribution in [3.05, 3.63) is 72.3 Å². The van der Waals surface area contributed by atoms with Crippen LogP contribution in [0.25, 0.3) is 10.8 Å². The number of rotatable bonds is 6. The van der Waals surface area contributed by atoms with Gasteiger partial charge in [-0.25, -0.2) is 5.48 Å². The number of hydrogen-bond acceptors (Lipinski definition) is 4. The van der Waals surface area contributed by atoms with Crippen LogP contribution in [0.3, 0.4) is 0 Å². The van der Waals surface area contributed by atoms with Gasteiger partial charge in [0.25, 0.3) is 0 Å². The Morgan fingerprint density at radius 1 is 1.14 bits per heavy atom. The zero-order valence-electron chi connectivity index (χ0n) is 15.2. The first-order valence-corrected chi connectivity index (χ1v) is 9.81. The topological polar surface area (TPSA) is 81.6 Å². The minimum absolute atomic E-state index is 0.268. The fraction of sp³-hybridized carbons (Fsp3) is 0.136. The van der Waals surface area contributed by atoms with Gasteiger partial charge in [0.1, 0.15) is 12.4 Å². The fourth-order valence-electron chi connectivity index (χ4n) is 2.89. The molecule has 5 nitrogen and oxygen atoms in total. The lowest BCUT2D eigenvalue weighted by molar-refractivity contribution is -0.128. The van der Waals surface area contributed by atoms with E-state index in [1.807, 2.05) is 30.3 Å². The highest BCUT2D eigenvalue weighted by Gasteiger charge is 2.35. The molecule has 0 aliphatic rings. The maximum absolute atomic E-state index is 13.2. The second-order valence-electron chi connectivity index (χ2n) is 5.91. The van der Waals surface area contributed by atoms with E-state index in [1.54, 1.807) is 48.8 Å². The molecule has 1 amide bonds. The van der Waals surface area contributed by atoms with Crippen LogP contribution >= 0.6 is 0 Å². The summed E-state index contributed by atoms with van der Waals surface area (Å²) in [6, 6.07) is 19.7. The van der Waals surface area contributed by atoms with Gasteiger partial charge in [-0.1, -0.05) is 48.4 Å². The van der Waals surface area contributed by atoms with E-state index < -0.39 is 22.3 Å². The molecule has 0 radical (unpaired) electrons. The smallest absolute Gasteiger partial charge is 0.301 e. The molecule has 3 rings (SSSR count). The quantitative estimate of drug-likeness (QED) is 0.290. The third-order valence-electron chi connectivity index (χ3n) is 4.21. The van der Waals surface area contributed by atoms with E-state index in [2.05, 4.69) is 11.8 Å². The third-order valence-corrected chi connectivity index (χ3v) is 5.84. The van der Waals surface area contributed by atoms with Crippen LogP contribution in [0.1, 0.15) is 17.7 Å². The summed E-state index contributed by atoms with van der Waals surface area (Å²) in [7, 11) is 0. The molecular weight excluding hydrogens is 374 g/mol. The molecule has 0 spiro atoms. The first kappa shape index (κ1) is 19.8. The Bertz CT molecular complexity index is 1020. The maximum Gasteiger partial charge on any atom is 0.301 e. The summed E-state index contributed by atoms with van der Waals surface area (Å²) in [6.07, 6.45) is 0. The van der Waals surface area contributed by atoms with Crippen molar-refractivity contribution in [2.45, 2.75) is 17.1 Å². The van der Waals surface area contributed by atoms with Crippen LogP contribution in [0.4, 0.5) is 0 Å². The Labute approximate surface area is 166 Å². The van der Waals surface area contributed by atoms with Crippen molar-refractivity contribution in [2.75, 3.05) is 6.61 Å². The first-order valence-electron chi connectivity index (χ1n) is 8.60. The molecule has 3 aromatic carbocycles. The van der Waals surface area contributed by atoms with E-state index in [-0.39, 0.29) is 6.61 Å². The Hall–Kier alpha value is -2.98. The number of amides is 1. The Morgan fingerprint density at radius 2 is 1.86 bits per heavy atom. The van der Waals surface area contributed by atoms with Gasteiger partial charge in [-0.3, -0.25) is 10.0 Å². The molecule has 2 atom stereocenters. The van der Waals surface area contributed by atoms with E-state index in [9.17, 15) is 14.6 Å². The molecule has 0 fully saturated rings. The van der Waals surface area contributed by atoms with Crippen molar-refractivity contribution in [3.63, 3.8) is 0 Å². The Balaban J connectivity index is 1.95. The molecule has 0 aromatic heterocycles. The fourth-order valence-corrected chi connectivity index (χ4v) is 4.25. The summed E-state index contributed by atoms with van der Waals surface area (Å²) in [6.45, 7) is 2.00. The summed E-state index contributed by atoms with van der Waals surface area (Å²) in [4.78, 5) is 12.9. The lowest BCUT2D eigenvalue weighted by Crippen LogP contribution is -2.32. The van der Waals surface area contributed by atoms with Gasteiger partial charge in [-0.2, -0.15) is 0 Å². The summed E-state index contributed by atoms with van der Waals surface area (Å²) >= 11 is -1.73. The molecule has 0 saturated heterocycles. The number of carbonyl (C=O) groups excluding carboxylic acids is 1. The average molecular weight is 393 g/mol. The molecule has 0 heterocycles. The van der Waals surface area contributed by atoms with Gasteiger partial charge in [0.05, 0.1) is 0 Å². The van der Waals surface area contributed by atoms with Crippen LogP contribution in [-0.4, -0.2) is 22.3 Å². The standard InChI is InChI=1S/C22H19NO4S/c1-2-3-15-27-17-11-13-18(14-12-17)28(26)21(22(24)23-25)20-10-6-8-16-7-4-5-9-19(16)20/h4-14,21,25H,15H2,1H3,(H,23,24). The molecule has 0 aliphatic heterocycles. The van der Waals surface area contributed by atoms with Gasteiger partial charge >= 0.3 is 5.91 Å². The van der Waals surface area contributed by atoms with Crippen LogP contribution < -0.4 is 10.2 Å². The number of hydroxylamine groups is 1. The van der Waals surface area contributed by atoms with Gasteiger partial charge in [-0.15, -0.1) is 5.92 Å². The van der Waals surface area contributed by atoms with Crippen LogP contribution in [0.15, 0.2) is 71.6 Å². The number of carbonyl (C=O) groups is 1. The average Bonchev–Trinajstić information content (AvgIpc) is 2.74. The van der Waals surface area contributed by atoms with Crippen molar-refractivity contribution in [3.8, 4) is 17.6 Å². The number of fused-ring (bicyclic) bond motifs is 1. The third kappa shape index (κ3) is 4.29. The van der Waals surface area contributed by atoms with Crippen molar-refractivity contribution in [1.82, 2.24) is 5.48 Å². The number of hydrogen-bond donors (Lipinski definition) is 2. The SMILES string of the molecule is CC#CCOc1ccc([S+]([O-])C(C(=O)NO)c2cccc3ccccc23)cc1. The minimum atomic E-state index is -1.73. The van der Waals surface area contributed by atoms with Crippen LogP contribution in [0.2, 0.25) is 0 Å². The van der Waals surface area contributed by atoms with E-state index in [1.165, 1.54) is 0 Å². The lowest BCUT2D eigenvalue weighted by atomic mass is 10.0. The normalized spacial score (nSPS) is 12.5. The van der Waals surface area contributed by atoms with E-state index in [4.69, 9.17) is 4.74 Å². The number of benzene rings is 3. The maximum atomic E-state index is 13.2. The van der Waals surface area contributed by atoms with Crippen LogP contribution in [0, 0.1) is 11.8 Å². The predicted octanol–water partition coefficient (Wildman–Crippen LogP) is 3.60. The number of nitrogens with one attached hydrogen (secondary N) is 1. The Kier molecular flexibility index (Phi) is 6.56. The van der Waals surface area contributed by atoms with Gasteiger partial charge < -0.3 is 9.29 Å². The summed E-state index contributed by atoms with van der Waals surface area (Å²) < 4.78 is 18.7. The molecule has 142 valence electrons.